The van der Waals surface area contributed by atoms with Gasteiger partial charge in [0.05, 0.1) is 6.61 Å². The van der Waals surface area contributed by atoms with E-state index in [0.29, 0.717) is 18.2 Å². The van der Waals surface area contributed by atoms with Crippen LogP contribution in [0.3, 0.4) is 0 Å². The van der Waals surface area contributed by atoms with Crippen LogP contribution in [0.4, 0.5) is 0 Å². The number of ether oxygens (including phenoxy) is 1. The van der Waals surface area contributed by atoms with Gasteiger partial charge in [-0.2, -0.15) is 0 Å². The number of aromatic nitrogens is 1. The average Bonchev–Trinajstić information content (AvgIpc) is 2.97. The third kappa shape index (κ3) is 2.48. The van der Waals surface area contributed by atoms with Gasteiger partial charge in [0.1, 0.15) is 5.01 Å². The summed E-state index contributed by atoms with van der Waals surface area (Å²) >= 11 is 1.56. The molecule has 0 spiro atoms. The Kier molecular flexibility index (Phi) is 3.83. The van der Waals surface area contributed by atoms with Crippen LogP contribution in [0.1, 0.15) is 52.3 Å². The molecule has 4 heteroatoms. The Labute approximate surface area is 122 Å². The summed E-state index contributed by atoms with van der Waals surface area (Å²) in [7, 11) is 0. The summed E-state index contributed by atoms with van der Waals surface area (Å²) in [6.45, 7) is 2.19. The number of hydrogen-bond donors (Lipinski definition) is 0. The first-order valence-electron chi connectivity index (χ1n) is 7.00. The summed E-state index contributed by atoms with van der Waals surface area (Å²) in [5, 5.41) is 2.84. The van der Waals surface area contributed by atoms with Crippen LogP contribution in [-0.2, 0) is 11.2 Å². The zero-order valence-electron chi connectivity index (χ0n) is 11.5. The van der Waals surface area contributed by atoms with Crippen molar-refractivity contribution in [3.8, 4) is 0 Å². The Morgan fingerprint density at radius 2 is 2.30 bits per heavy atom. The van der Waals surface area contributed by atoms with E-state index in [1.165, 1.54) is 17.5 Å². The van der Waals surface area contributed by atoms with Gasteiger partial charge in [0, 0.05) is 11.3 Å². The summed E-state index contributed by atoms with van der Waals surface area (Å²) < 4.78 is 5.00. The molecule has 0 radical (unpaired) electrons. The fourth-order valence-corrected chi connectivity index (χ4v) is 3.70. The number of rotatable bonds is 3. The van der Waals surface area contributed by atoms with Crippen LogP contribution in [0.15, 0.2) is 29.6 Å². The van der Waals surface area contributed by atoms with Crippen LogP contribution < -0.4 is 0 Å². The van der Waals surface area contributed by atoms with E-state index >= 15 is 0 Å². The first-order valence-corrected chi connectivity index (χ1v) is 7.88. The number of thiazole rings is 1. The summed E-state index contributed by atoms with van der Waals surface area (Å²) in [4.78, 5) is 16.2. The maximum absolute atomic E-state index is 11.7. The Balaban J connectivity index is 1.89. The predicted molar refractivity (Wildman–Crippen MR) is 79.3 cm³/mol. The van der Waals surface area contributed by atoms with E-state index in [1.54, 1.807) is 11.3 Å². The van der Waals surface area contributed by atoms with Crippen LogP contribution in [0.2, 0.25) is 0 Å². The lowest BCUT2D eigenvalue weighted by Gasteiger charge is -2.23. The minimum atomic E-state index is -0.320. The Bertz CT molecular complexity index is 620. The van der Waals surface area contributed by atoms with Gasteiger partial charge in [0.15, 0.2) is 5.69 Å². The zero-order chi connectivity index (χ0) is 13.9. The minimum Gasteiger partial charge on any atom is -0.461 e. The summed E-state index contributed by atoms with van der Waals surface area (Å²) in [6, 6.07) is 8.55. The van der Waals surface area contributed by atoms with Gasteiger partial charge in [0.2, 0.25) is 0 Å². The molecule has 1 aromatic heterocycles. The number of fused-ring (bicyclic) bond motifs is 1. The minimum absolute atomic E-state index is 0.320. The molecule has 0 saturated carbocycles. The highest BCUT2D eigenvalue weighted by molar-refractivity contribution is 7.10. The third-order valence-corrected chi connectivity index (χ3v) is 4.63. The molecule has 0 aliphatic heterocycles. The van der Waals surface area contributed by atoms with E-state index in [4.69, 9.17) is 4.74 Å². The second kappa shape index (κ2) is 5.75. The number of hydrogen-bond acceptors (Lipinski definition) is 4. The average molecular weight is 287 g/mol. The molecule has 2 aromatic rings. The van der Waals surface area contributed by atoms with Crippen molar-refractivity contribution in [1.82, 2.24) is 4.98 Å². The maximum atomic E-state index is 11.7. The second-order valence-corrected chi connectivity index (χ2v) is 5.82. The normalized spacial score (nSPS) is 17.6. The third-order valence-electron chi connectivity index (χ3n) is 3.67. The number of nitrogens with zero attached hydrogens (tertiary/aromatic N) is 1. The molecule has 1 aliphatic rings. The standard InChI is InChI=1S/C16H17NO2S/c1-2-19-16(18)14-10-20-15(17-14)13-9-5-7-11-6-3-4-8-12(11)13/h3-4,6,8,10,13H,2,5,7,9H2,1H3. The van der Waals surface area contributed by atoms with Crippen LogP contribution in [0.5, 0.6) is 0 Å². The van der Waals surface area contributed by atoms with E-state index < -0.39 is 0 Å². The lowest BCUT2D eigenvalue weighted by atomic mass is 9.83. The number of aryl methyl sites for hydroxylation is 1. The molecule has 0 N–H and O–H groups in total. The van der Waals surface area contributed by atoms with Gasteiger partial charge in [-0.25, -0.2) is 9.78 Å². The highest BCUT2D eigenvalue weighted by Crippen LogP contribution is 2.37. The first-order chi connectivity index (χ1) is 9.79. The summed E-state index contributed by atoms with van der Waals surface area (Å²) in [5.74, 6) is 0.00669. The quantitative estimate of drug-likeness (QED) is 0.806. The SMILES string of the molecule is CCOC(=O)c1csc(C2CCCc3ccccc32)n1. The van der Waals surface area contributed by atoms with Gasteiger partial charge in [-0.1, -0.05) is 24.3 Å². The monoisotopic (exact) mass is 287 g/mol. The molecule has 0 bridgehead atoms. The van der Waals surface area contributed by atoms with Crippen molar-refractivity contribution in [3.63, 3.8) is 0 Å². The topological polar surface area (TPSA) is 39.2 Å². The molecule has 3 nitrogen and oxygen atoms in total. The largest absolute Gasteiger partial charge is 0.461 e. The zero-order valence-corrected chi connectivity index (χ0v) is 12.3. The van der Waals surface area contributed by atoms with Crippen LogP contribution in [-0.4, -0.2) is 17.6 Å². The molecule has 1 aromatic carbocycles. The molecule has 1 atom stereocenters. The lowest BCUT2D eigenvalue weighted by molar-refractivity contribution is 0.0520. The van der Waals surface area contributed by atoms with Crippen molar-refractivity contribution < 1.29 is 9.53 Å². The van der Waals surface area contributed by atoms with Crippen molar-refractivity contribution in [1.29, 1.82) is 0 Å². The molecule has 1 aliphatic carbocycles. The van der Waals surface area contributed by atoms with Crippen LogP contribution >= 0.6 is 11.3 Å². The lowest BCUT2D eigenvalue weighted by Crippen LogP contribution is -2.11. The van der Waals surface area contributed by atoms with Gasteiger partial charge in [0.25, 0.3) is 0 Å². The van der Waals surface area contributed by atoms with Crippen LogP contribution in [0, 0.1) is 0 Å². The van der Waals surface area contributed by atoms with Gasteiger partial charge in [-0.3, -0.25) is 0 Å². The molecule has 0 amide bonds. The van der Waals surface area contributed by atoms with Gasteiger partial charge in [-0.05, 0) is 37.3 Å². The van der Waals surface area contributed by atoms with E-state index in [9.17, 15) is 4.79 Å². The van der Waals surface area contributed by atoms with E-state index in [1.807, 2.05) is 12.3 Å². The maximum Gasteiger partial charge on any atom is 0.357 e. The van der Waals surface area contributed by atoms with Crippen LogP contribution in [0.25, 0.3) is 0 Å². The van der Waals surface area contributed by atoms with Crippen molar-refractivity contribution >= 4 is 17.3 Å². The second-order valence-electron chi connectivity index (χ2n) is 4.94. The molecular weight excluding hydrogens is 270 g/mol. The Morgan fingerprint density at radius 1 is 1.45 bits per heavy atom. The molecule has 104 valence electrons. The molecule has 1 unspecified atom stereocenters. The fraction of sp³-hybridized carbons (Fsp3) is 0.375. The van der Waals surface area contributed by atoms with Crippen molar-refractivity contribution in [2.75, 3.05) is 6.61 Å². The predicted octanol–water partition coefficient (Wildman–Crippen LogP) is 3.79. The Morgan fingerprint density at radius 3 is 3.15 bits per heavy atom. The van der Waals surface area contributed by atoms with Gasteiger partial charge in [-0.15, -0.1) is 11.3 Å². The summed E-state index contributed by atoms with van der Waals surface area (Å²) in [6.07, 6.45) is 3.42. The highest BCUT2D eigenvalue weighted by Gasteiger charge is 2.25. The summed E-state index contributed by atoms with van der Waals surface area (Å²) in [5.41, 5.74) is 3.22. The van der Waals surface area contributed by atoms with E-state index in [2.05, 4.69) is 29.2 Å². The molecule has 0 fully saturated rings. The van der Waals surface area contributed by atoms with Crippen molar-refractivity contribution in [3.05, 3.63) is 51.5 Å². The van der Waals surface area contributed by atoms with Gasteiger partial charge >= 0.3 is 5.97 Å². The number of esters is 1. The fourth-order valence-electron chi connectivity index (χ4n) is 2.76. The number of carbonyl (C=O) groups excluding carboxylic acids is 1. The van der Waals surface area contributed by atoms with Crippen molar-refractivity contribution in [2.24, 2.45) is 0 Å². The molecule has 1 heterocycles. The van der Waals surface area contributed by atoms with Gasteiger partial charge < -0.3 is 4.74 Å². The Hall–Kier alpha value is -1.68. The molecular formula is C16H17NO2S. The van der Waals surface area contributed by atoms with E-state index in [-0.39, 0.29) is 5.97 Å². The first kappa shape index (κ1) is 13.3. The smallest absolute Gasteiger partial charge is 0.357 e. The highest BCUT2D eigenvalue weighted by atomic mass is 32.1. The number of benzene rings is 1. The molecule has 0 saturated heterocycles. The molecule has 20 heavy (non-hydrogen) atoms. The molecule has 3 rings (SSSR count). The number of carbonyl (C=O) groups is 1. The van der Waals surface area contributed by atoms with Crippen molar-refractivity contribution in [2.45, 2.75) is 32.1 Å². The van der Waals surface area contributed by atoms with E-state index in [0.717, 1.165) is 17.8 Å².